The van der Waals surface area contributed by atoms with Gasteiger partial charge in [-0.25, -0.2) is 18.3 Å². The maximum atomic E-state index is 12.4. The van der Waals surface area contributed by atoms with E-state index in [0.29, 0.717) is 5.69 Å². The molecule has 1 aliphatic heterocycles. The summed E-state index contributed by atoms with van der Waals surface area (Å²) >= 11 is 0. The second-order valence-electron chi connectivity index (χ2n) is 5.12. The fourth-order valence-corrected chi connectivity index (χ4v) is 4.02. The van der Waals surface area contributed by atoms with Gasteiger partial charge < -0.3 is 0 Å². The Hall–Kier alpha value is -1.90. The van der Waals surface area contributed by atoms with Gasteiger partial charge in [-0.1, -0.05) is 0 Å². The predicted molar refractivity (Wildman–Crippen MR) is 74.6 cm³/mol. The van der Waals surface area contributed by atoms with Crippen LogP contribution in [-0.4, -0.2) is 33.0 Å². The van der Waals surface area contributed by atoms with Gasteiger partial charge in [0.1, 0.15) is 5.75 Å². The summed E-state index contributed by atoms with van der Waals surface area (Å²) in [6.45, 7) is 2.78. The summed E-state index contributed by atoms with van der Waals surface area (Å²) in [5.74, 6) is -0.239. The standard InChI is InChI=1S/C12H17N5O3S/c1-2-16-11(18)13-14-12(16)21(19,20)8-9-7-10-5-3-4-6-17(10)15-9/h7H,2-6,8H2,1H3,(H,13,18). The van der Waals surface area contributed by atoms with Crippen LogP contribution in [-0.2, 0) is 35.1 Å². The molecule has 3 rings (SSSR count). The molecule has 3 heterocycles. The van der Waals surface area contributed by atoms with Crippen molar-refractivity contribution in [1.82, 2.24) is 24.5 Å². The highest BCUT2D eigenvalue weighted by Gasteiger charge is 2.25. The Morgan fingerprint density at radius 1 is 1.38 bits per heavy atom. The lowest BCUT2D eigenvalue weighted by Crippen LogP contribution is -2.20. The minimum atomic E-state index is -3.69. The number of fused-ring (bicyclic) bond motifs is 1. The quantitative estimate of drug-likeness (QED) is 0.862. The van der Waals surface area contributed by atoms with Crippen LogP contribution in [0.15, 0.2) is 16.0 Å². The van der Waals surface area contributed by atoms with Crippen molar-refractivity contribution in [2.75, 3.05) is 0 Å². The van der Waals surface area contributed by atoms with E-state index in [1.165, 1.54) is 0 Å². The van der Waals surface area contributed by atoms with E-state index in [1.807, 2.05) is 10.7 Å². The van der Waals surface area contributed by atoms with E-state index in [4.69, 9.17) is 0 Å². The largest absolute Gasteiger partial charge is 0.344 e. The summed E-state index contributed by atoms with van der Waals surface area (Å²) in [5.41, 5.74) is 1.06. The molecule has 0 saturated carbocycles. The first kappa shape index (κ1) is 14.1. The van der Waals surface area contributed by atoms with Crippen molar-refractivity contribution in [2.24, 2.45) is 0 Å². The molecule has 0 spiro atoms. The van der Waals surface area contributed by atoms with Crippen LogP contribution in [0.2, 0.25) is 0 Å². The van der Waals surface area contributed by atoms with E-state index in [-0.39, 0.29) is 17.5 Å². The molecule has 0 aliphatic carbocycles. The molecule has 0 radical (unpaired) electrons. The zero-order valence-corrected chi connectivity index (χ0v) is 12.6. The molecule has 0 saturated heterocycles. The smallest absolute Gasteiger partial charge is 0.269 e. The minimum Gasteiger partial charge on any atom is -0.269 e. The Labute approximate surface area is 121 Å². The fourth-order valence-electron chi connectivity index (χ4n) is 2.63. The Morgan fingerprint density at radius 3 is 2.90 bits per heavy atom. The molecule has 0 bridgehead atoms. The van der Waals surface area contributed by atoms with Crippen molar-refractivity contribution in [3.63, 3.8) is 0 Å². The summed E-state index contributed by atoms with van der Waals surface area (Å²) < 4.78 is 27.8. The van der Waals surface area contributed by atoms with Gasteiger partial charge in [-0.05, 0) is 32.3 Å². The number of rotatable bonds is 4. The summed E-state index contributed by atoms with van der Waals surface area (Å²) in [4.78, 5) is 11.5. The van der Waals surface area contributed by atoms with Crippen molar-refractivity contribution in [3.8, 4) is 0 Å². The van der Waals surface area contributed by atoms with Gasteiger partial charge >= 0.3 is 5.69 Å². The molecule has 1 aliphatic rings. The first-order valence-electron chi connectivity index (χ1n) is 6.95. The summed E-state index contributed by atoms with van der Waals surface area (Å²) in [7, 11) is -3.69. The average Bonchev–Trinajstić information content (AvgIpc) is 3.00. The fraction of sp³-hybridized carbons (Fsp3) is 0.583. The first-order chi connectivity index (χ1) is 10.0. The van der Waals surface area contributed by atoms with Gasteiger partial charge in [0.05, 0.1) is 5.69 Å². The lowest BCUT2D eigenvalue weighted by molar-refractivity contribution is 0.484. The van der Waals surface area contributed by atoms with E-state index < -0.39 is 15.5 Å². The SMILES string of the molecule is CCn1c(S(=O)(=O)Cc2cc3n(n2)CCCC3)n[nH]c1=O. The number of sulfone groups is 1. The number of aryl methyl sites for hydroxylation is 2. The molecule has 8 nitrogen and oxygen atoms in total. The lowest BCUT2D eigenvalue weighted by Gasteiger charge is -2.11. The summed E-state index contributed by atoms with van der Waals surface area (Å²) in [5, 5.41) is 9.94. The van der Waals surface area contributed by atoms with Crippen LogP contribution in [0.1, 0.15) is 31.2 Å². The van der Waals surface area contributed by atoms with Gasteiger partial charge in [-0.3, -0.25) is 9.25 Å². The average molecular weight is 311 g/mol. The monoisotopic (exact) mass is 311 g/mol. The molecular formula is C12H17N5O3S. The van der Waals surface area contributed by atoms with E-state index >= 15 is 0 Å². The number of aromatic amines is 1. The molecule has 0 unspecified atom stereocenters. The molecule has 114 valence electrons. The number of nitrogens with zero attached hydrogens (tertiary/aromatic N) is 4. The van der Waals surface area contributed by atoms with Gasteiger partial charge in [-0.2, -0.15) is 5.10 Å². The van der Waals surface area contributed by atoms with Crippen LogP contribution in [0.5, 0.6) is 0 Å². The summed E-state index contributed by atoms with van der Waals surface area (Å²) in [6, 6.07) is 1.83. The molecule has 0 aromatic carbocycles. The van der Waals surface area contributed by atoms with Crippen molar-refractivity contribution in [2.45, 2.75) is 50.2 Å². The third kappa shape index (κ3) is 2.53. The van der Waals surface area contributed by atoms with Gasteiger partial charge in [0.2, 0.25) is 9.84 Å². The van der Waals surface area contributed by atoms with E-state index in [1.54, 1.807) is 6.92 Å². The Balaban J connectivity index is 1.92. The number of hydrogen-bond acceptors (Lipinski definition) is 5. The van der Waals surface area contributed by atoms with Crippen LogP contribution in [0.25, 0.3) is 0 Å². The molecule has 1 N–H and O–H groups in total. The molecular weight excluding hydrogens is 294 g/mol. The Morgan fingerprint density at radius 2 is 2.19 bits per heavy atom. The van der Waals surface area contributed by atoms with E-state index in [2.05, 4.69) is 15.3 Å². The van der Waals surface area contributed by atoms with Crippen LogP contribution < -0.4 is 5.69 Å². The highest BCUT2D eigenvalue weighted by atomic mass is 32.2. The highest BCUT2D eigenvalue weighted by molar-refractivity contribution is 7.90. The van der Waals surface area contributed by atoms with Crippen molar-refractivity contribution in [1.29, 1.82) is 0 Å². The molecule has 2 aromatic rings. The molecule has 0 amide bonds. The number of nitrogens with one attached hydrogen (secondary N) is 1. The third-order valence-corrected chi connectivity index (χ3v) is 5.17. The highest BCUT2D eigenvalue weighted by Crippen LogP contribution is 2.18. The number of hydrogen-bond donors (Lipinski definition) is 1. The zero-order valence-electron chi connectivity index (χ0n) is 11.7. The normalized spacial score (nSPS) is 15.1. The van der Waals surface area contributed by atoms with Crippen molar-refractivity contribution >= 4 is 9.84 Å². The van der Waals surface area contributed by atoms with Crippen LogP contribution >= 0.6 is 0 Å². The molecule has 0 fully saturated rings. The second-order valence-corrected chi connectivity index (χ2v) is 7.01. The zero-order chi connectivity index (χ0) is 15.0. The van der Waals surface area contributed by atoms with Gasteiger partial charge in [-0.15, -0.1) is 5.10 Å². The summed E-state index contributed by atoms with van der Waals surface area (Å²) in [6.07, 6.45) is 3.09. The lowest BCUT2D eigenvalue weighted by atomic mass is 10.1. The third-order valence-electron chi connectivity index (χ3n) is 3.62. The van der Waals surface area contributed by atoms with Crippen LogP contribution in [0, 0.1) is 0 Å². The van der Waals surface area contributed by atoms with Crippen molar-refractivity contribution in [3.05, 3.63) is 27.9 Å². The topological polar surface area (TPSA) is 103 Å². The Bertz CT molecular complexity index is 791. The predicted octanol–water partition coefficient (Wildman–Crippen LogP) is 0.0980. The van der Waals surface area contributed by atoms with Crippen LogP contribution in [0.3, 0.4) is 0 Å². The minimum absolute atomic E-state index is 0.221. The maximum absolute atomic E-state index is 12.4. The molecule has 9 heteroatoms. The first-order valence-corrected chi connectivity index (χ1v) is 8.60. The molecule has 0 atom stereocenters. The molecule has 2 aromatic heterocycles. The van der Waals surface area contributed by atoms with E-state index in [0.717, 1.165) is 36.1 Å². The van der Waals surface area contributed by atoms with Gasteiger partial charge in [0, 0.05) is 18.8 Å². The van der Waals surface area contributed by atoms with Crippen LogP contribution in [0.4, 0.5) is 0 Å². The van der Waals surface area contributed by atoms with Gasteiger partial charge in [0.15, 0.2) is 0 Å². The number of H-pyrrole nitrogens is 1. The maximum Gasteiger partial charge on any atom is 0.344 e. The number of aromatic nitrogens is 5. The molecule has 21 heavy (non-hydrogen) atoms. The van der Waals surface area contributed by atoms with E-state index in [9.17, 15) is 13.2 Å². The Kier molecular flexibility index (Phi) is 3.44. The van der Waals surface area contributed by atoms with Gasteiger partial charge in [0.25, 0.3) is 5.16 Å². The second kappa shape index (κ2) is 5.14. The van der Waals surface area contributed by atoms with Crippen molar-refractivity contribution < 1.29 is 8.42 Å².